The van der Waals surface area contributed by atoms with Gasteiger partial charge >= 0.3 is 0 Å². The first kappa shape index (κ1) is 20.1. The van der Waals surface area contributed by atoms with Crippen molar-refractivity contribution in [2.24, 2.45) is 4.99 Å². The van der Waals surface area contributed by atoms with Crippen LogP contribution in [-0.4, -0.2) is 67.4 Å². The van der Waals surface area contributed by atoms with Gasteiger partial charge in [-0.15, -0.1) is 35.3 Å². The average molecular weight is 425 g/mol. The highest BCUT2D eigenvalue weighted by molar-refractivity contribution is 14.0. The summed E-state index contributed by atoms with van der Waals surface area (Å²) in [5.41, 5.74) is 0. The summed E-state index contributed by atoms with van der Waals surface area (Å²) in [6.07, 6.45) is 2.69. The van der Waals surface area contributed by atoms with E-state index in [1.54, 1.807) is 30.3 Å². The number of nitrogens with one attached hydrogen (secondary N) is 1. The van der Waals surface area contributed by atoms with E-state index < -0.39 is 0 Å². The average Bonchev–Trinajstić information content (AvgIpc) is 2.93. The zero-order chi connectivity index (χ0) is 15.0. The van der Waals surface area contributed by atoms with Crippen molar-refractivity contribution in [3.8, 4) is 0 Å². The van der Waals surface area contributed by atoms with E-state index in [9.17, 15) is 4.79 Å². The number of rotatable bonds is 6. The molecule has 0 saturated heterocycles. The van der Waals surface area contributed by atoms with Gasteiger partial charge in [-0.1, -0.05) is 0 Å². The molecule has 0 atom stereocenters. The van der Waals surface area contributed by atoms with Crippen molar-refractivity contribution < 1.29 is 4.79 Å². The number of nitrogens with zero attached hydrogens (tertiary/aromatic N) is 4. The fraction of sp³-hybridized carbons (Fsp3) is 0.615. The molecule has 6 nitrogen and oxygen atoms in total. The Bertz CT molecular complexity index is 436. The molecule has 8 heteroatoms. The summed E-state index contributed by atoms with van der Waals surface area (Å²) in [6, 6.07) is 0. The predicted octanol–water partition coefficient (Wildman–Crippen LogP) is 1.29. The summed E-state index contributed by atoms with van der Waals surface area (Å²) in [7, 11) is 5.43. The molecule has 1 N–H and O–H groups in total. The number of hydrogen-bond acceptors (Lipinski definition) is 4. The monoisotopic (exact) mass is 425 g/mol. The SMILES string of the molecule is CCNC(=NCC(=O)N(C)C)N(C)CCc1nccs1.I. The van der Waals surface area contributed by atoms with Crippen LogP contribution >= 0.6 is 35.3 Å². The molecule has 1 rings (SSSR count). The van der Waals surface area contributed by atoms with Gasteiger partial charge in [0.25, 0.3) is 0 Å². The fourth-order valence-corrected chi connectivity index (χ4v) is 2.11. The second-order valence-electron chi connectivity index (χ2n) is 4.56. The van der Waals surface area contributed by atoms with Gasteiger partial charge in [0, 0.05) is 52.2 Å². The molecule has 0 radical (unpaired) electrons. The molecule has 1 aromatic rings. The Morgan fingerprint density at radius 2 is 2.14 bits per heavy atom. The number of carbonyl (C=O) groups is 1. The first-order valence-electron chi connectivity index (χ1n) is 6.62. The molecule has 120 valence electrons. The smallest absolute Gasteiger partial charge is 0.243 e. The normalized spacial score (nSPS) is 10.8. The Kier molecular flexibility index (Phi) is 10.3. The first-order valence-corrected chi connectivity index (χ1v) is 7.50. The van der Waals surface area contributed by atoms with Crippen LogP contribution in [0.3, 0.4) is 0 Å². The Morgan fingerprint density at radius 3 is 2.67 bits per heavy atom. The van der Waals surface area contributed by atoms with E-state index >= 15 is 0 Å². The molecule has 1 amide bonds. The van der Waals surface area contributed by atoms with E-state index in [1.807, 2.05) is 30.4 Å². The van der Waals surface area contributed by atoms with Crippen LogP contribution in [0.5, 0.6) is 0 Å². The summed E-state index contributed by atoms with van der Waals surface area (Å²) in [4.78, 5) is 23.8. The van der Waals surface area contributed by atoms with Crippen molar-refractivity contribution in [1.82, 2.24) is 20.1 Å². The van der Waals surface area contributed by atoms with Crippen molar-refractivity contribution in [1.29, 1.82) is 0 Å². The van der Waals surface area contributed by atoms with Crippen LogP contribution < -0.4 is 5.32 Å². The maximum Gasteiger partial charge on any atom is 0.243 e. The van der Waals surface area contributed by atoms with E-state index in [-0.39, 0.29) is 36.4 Å². The molecule has 0 aliphatic rings. The van der Waals surface area contributed by atoms with E-state index in [1.165, 1.54) is 0 Å². The number of aromatic nitrogens is 1. The largest absolute Gasteiger partial charge is 0.357 e. The van der Waals surface area contributed by atoms with Crippen molar-refractivity contribution in [2.75, 3.05) is 40.8 Å². The fourth-order valence-electron chi connectivity index (χ4n) is 1.50. The number of thiazole rings is 1. The van der Waals surface area contributed by atoms with E-state index in [0.29, 0.717) is 0 Å². The van der Waals surface area contributed by atoms with E-state index in [0.717, 1.165) is 30.5 Å². The van der Waals surface area contributed by atoms with Gasteiger partial charge < -0.3 is 15.1 Å². The summed E-state index contributed by atoms with van der Waals surface area (Å²) < 4.78 is 0. The van der Waals surface area contributed by atoms with Gasteiger partial charge in [-0.3, -0.25) is 4.79 Å². The minimum Gasteiger partial charge on any atom is -0.357 e. The predicted molar refractivity (Wildman–Crippen MR) is 98.5 cm³/mol. The molecule has 0 aliphatic heterocycles. The van der Waals surface area contributed by atoms with Crippen molar-refractivity contribution in [3.05, 3.63) is 16.6 Å². The highest BCUT2D eigenvalue weighted by Gasteiger charge is 2.08. The third-order valence-electron chi connectivity index (χ3n) is 2.70. The zero-order valence-electron chi connectivity index (χ0n) is 13.0. The van der Waals surface area contributed by atoms with Crippen LogP contribution in [0, 0.1) is 0 Å². The Hall–Kier alpha value is -0.900. The van der Waals surface area contributed by atoms with Crippen LogP contribution in [0.4, 0.5) is 0 Å². The van der Waals surface area contributed by atoms with Crippen LogP contribution in [0.2, 0.25) is 0 Å². The Labute approximate surface area is 147 Å². The quantitative estimate of drug-likeness (QED) is 0.424. The minimum atomic E-state index is -0.00581. The summed E-state index contributed by atoms with van der Waals surface area (Å²) in [5.74, 6) is 0.744. The maximum atomic E-state index is 11.6. The molecular weight excluding hydrogens is 401 g/mol. The molecule has 0 spiro atoms. The van der Waals surface area contributed by atoms with E-state index in [4.69, 9.17) is 0 Å². The number of halogens is 1. The molecule has 0 saturated carbocycles. The number of guanidine groups is 1. The molecule has 0 fully saturated rings. The molecule has 0 bridgehead atoms. The van der Waals surface area contributed by atoms with Crippen LogP contribution in [0.25, 0.3) is 0 Å². The van der Waals surface area contributed by atoms with Crippen molar-refractivity contribution >= 4 is 47.2 Å². The number of carbonyl (C=O) groups excluding carboxylic acids is 1. The van der Waals surface area contributed by atoms with Crippen molar-refractivity contribution in [2.45, 2.75) is 13.3 Å². The lowest BCUT2D eigenvalue weighted by Gasteiger charge is -2.21. The van der Waals surface area contributed by atoms with Gasteiger partial charge in [-0.05, 0) is 6.92 Å². The first-order chi connectivity index (χ1) is 9.54. The Balaban J connectivity index is 0.00000400. The van der Waals surface area contributed by atoms with Gasteiger partial charge in [0.1, 0.15) is 6.54 Å². The molecule has 0 aliphatic carbocycles. The third-order valence-corrected chi connectivity index (χ3v) is 3.54. The van der Waals surface area contributed by atoms with Gasteiger partial charge in [0.15, 0.2) is 5.96 Å². The Morgan fingerprint density at radius 1 is 1.43 bits per heavy atom. The number of hydrogen-bond donors (Lipinski definition) is 1. The topological polar surface area (TPSA) is 60.8 Å². The van der Waals surface area contributed by atoms with Gasteiger partial charge in [-0.25, -0.2) is 9.98 Å². The van der Waals surface area contributed by atoms with Gasteiger partial charge in [-0.2, -0.15) is 0 Å². The number of amides is 1. The highest BCUT2D eigenvalue weighted by Crippen LogP contribution is 2.05. The van der Waals surface area contributed by atoms with Crippen LogP contribution in [0.1, 0.15) is 11.9 Å². The summed E-state index contributed by atoms with van der Waals surface area (Å²) >= 11 is 1.65. The van der Waals surface area contributed by atoms with Crippen LogP contribution in [-0.2, 0) is 11.2 Å². The lowest BCUT2D eigenvalue weighted by Crippen LogP contribution is -2.40. The number of aliphatic imine (C=N–C) groups is 1. The molecular formula is C13H24IN5OS. The second kappa shape index (κ2) is 10.8. The molecule has 0 aromatic carbocycles. The van der Waals surface area contributed by atoms with Gasteiger partial charge in [0.2, 0.25) is 5.91 Å². The van der Waals surface area contributed by atoms with Gasteiger partial charge in [0.05, 0.1) is 5.01 Å². The number of likely N-dealkylation sites (N-methyl/N-ethyl adjacent to an activating group) is 2. The molecule has 21 heavy (non-hydrogen) atoms. The van der Waals surface area contributed by atoms with Crippen molar-refractivity contribution in [3.63, 3.8) is 0 Å². The second-order valence-corrected chi connectivity index (χ2v) is 5.53. The lowest BCUT2D eigenvalue weighted by atomic mass is 10.4. The zero-order valence-corrected chi connectivity index (χ0v) is 16.1. The third kappa shape index (κ3) is 7.60. The molecule has 0 unspecified atom stereocenters. The summed E-state index contributed by atoms with van der Waals surface area (Å²) in [5, 5.41) is 6.28. The molecule has 1 heterocycles. The van der Waals surface area contributed by atoms with Crippen LogP contribution in [0.15, 0.2) is 16.6 Å². The summed E-state index contributed by atoms with van der Waals surface area (Å²) in [6.45, 7) is 3.76. The standard InChI is InChI=1S/C13H23N5OS.HI/c1-5-14-13(16-10-12(19)17(2)3)18(4)8-6-11-15-7-9-20-11;/h7,9H,5-6,8,10H2,1-4H3,(H,14,16);1H. The lowest BCUT2D eigenvalue weighted by molar-refractivity contribution is -0.127. The maximum absolute atomic E-state index is 11.6. The van der Waals surface area contributed by atoms with E-state index in [2.05, 4.69) is 15.3 Å². The highest BCUT2D eigenvalue weighted by atomic mass is 127. The minimum absolute atomic E-state index is 0. The molecule has 1 aromatic heterocycles.